The van der Waals surface area contributed by atoms with E-state index >= 15 is 0 Å². The Morgan fingerprint density at radius 3 is 2.73 bits per heavy atom. The Balaban J connectivity index is 2.50. The van der Waals surface area contributed by atoms with Crippen molar-refractivity contribution in [2.24, 2.45) is 5.73 Å². The third kappa shape index (κ3) is 1.62. The van der Waals surface area contributed by atoms with Gasteiger partial charge < -0.3 is 15.6 Å². The first-order chi connectivity index (χ1) is 6.92. The summed E-state index contributed by atoms with van der Waals surface area (Å²) in [6, 6.07) is 5.50. The molecule has 0 saturated carbocycles. The van der Waals surface area contributed by atoms with Crippen molar-refractivity contribution in [3.05, 3.63) is 29.3 Å². The van der Waals surface area contributed by atoms with Crippen LogP contribution in [0.3, 0.4) is 0 Å². The van der Waals surface area contributed by atoms with Crippen LogP contribution in [0, 0.1) is 6.92 Å². The molecule has 0 aromatic heterocycles. The van der Waals surface area contributed by atoms with Gasteiger partial charge >= 0.3 is 0 Å². The summed E-state index contributed by atoms with van der Waals surface area (Å²) in [6.45, 7) is 5.69. The minimum atomic E-state index is -0.674. The number of benzene rings is 1. The van der Waals surface area contributed by atoms with Gasteiger partial charge in [0.1, 0.15) is 17.5 Å². The SMILES string of the molecule is Cc1ccc2c(c1)[C@@H](N)[C@H](O)C(C)(C)O2. The summed E-state index contributed by atoms with van der Waals surface area (Å²) < 4.78 is 5.73. The molecule has 15 heavy (non-hydrogen) atoms. The van der Waals surface area contributed by atoms with E-state index in [-0.39, 0.29) is 6.04 Å². The Morgan fingerprint density at radius 2 is 2.07 bits per heavy atom. The zero-order valence-electron chi connectivity index (χ0n) is 9.32. The summed E-state index contributed by atoms with van der Waals surface area (Å²) in [4.78, 5) is 0. The summed E-state index contributed by atoms with van der Waals surface area (Å²) in [6.07, 6.45) is -0.674. The standard InChI is InChI=1S/C12H17NO2/c1-7-4-5-9-8(6-7)10(13)11(14)12(2,3)15-9/h4-6,10-11,14H,13H2,1-3H3/t10-,11+/m1/s1. The van der Waals surface area contributed by atoms with Gasteiger partial charge in [-0.15, -0.1) is 0 Å². The second-order valence-electron chi connectivity index (χ2n) is 4.72. The second kappa shape index (κ2) is 3.22. The van der Waals surface area contributed by atoms with E-state index in [0.717, 1.165) is 16.9 Å². The molecular formula is C12H17NO2. The average molecular weight is 207 g/mol. The molecule has 1 aliphatic rings. The van der Waals surface area contributed by atoms with Gasteiger partial charge in [0, 0.05) is 5.56 Å². The number of hydrogen-bond acceptors (Lipinski definition) is 3. The molecule has 1 heterocycles. The lowest BCUT2D eigenvalue weighted by atomic mass is 9.86. The van der Waals surface area contributed by atoms with E-state index in [1.165, 1.54) is 0 Å². The molecule has 82 valence electrons. The van der Waals surface area contributed by atoms with Crippen LogP contribution >= 0.6 is 0 Å². The van der Waals surface area contributed by atoms with E-state index < -0.39 is 11.7 Å². The first kappa shape index (κ1) is 10.5. The molecule has 1 aromatic carbocycles. The molecule has 3 heteroatoms. The molecule has 2 atom stereocenters. The molecule has 1 aliphatic heterocycles. The van der Waals surface area contributed by atoms with Crippen molar-refractivity contribution in [2.45, 2.75) is 38.5 Å². The van der Waals surface area contributed by atoms with Crippen LogP contribution in [0.15, 0.2) is 18.2 Å². The second-order valence-corrected chi connectivity index (χ2v) is 4.72. The Morgan fingerprint density at radius 1 is 1.40 bits per heavy atom. The highest BCUT2D eigenvalue weighted by Crippen LogP contribution is 2.38. The molecule has 0 saturated heterocycles. The van der Waals surface area contributed by atoms with Crippen molar-refractivity contribution in [3.63, 3.8) is 0 Å². The molecular weight excluding hydrogens is 190 g/mol. The van der Waals surface area contributed by atoms with Crippen molar-refractivity contribution < 1.29 is 9.84 Å². The zero-order valence-corrected chi connectivity index (χ0v) is 9.32. The highest BCUT2D eigenvalue weighted by molar-refractivity contribution is 5.42. The summed E-state index contributed by atoms with van der Waals surface area (Å²) >= 11 is 0. The van der Waals surface area contributed by atoms with Gasteiger partial charge in [-0.3, -0.25) is 0 Å². The summed E-state index contributed by atoms with van der Waals surface area (Å²) in [5, 5.41) is 9.99. The maximum absolute atomic E-state index is 9.99. The van der Waals surface area contributed by atoms with E-state index in [9.17, 15) is 5.11 Å². The fourth-order valence-electron chi connectivity index (χ4n) is 1.97. The van der Waals surface area contributed by atoms with Crippen molar-refractivity contribution in [3.8, 4) is 5.75 Å². The van der Waals surface area contributed by atoms with Crippen LogP contribution in [0.2, 0.25) is 0 Å². The van der Waals surface area contributed by atoms with Gasteiger partial charge in [-0.2, -0.15) is 0 Å². The van der Waals surface area contributed by atoms with E-state index in [1.807, 2.05) is 39.0 Å². The lowest BCUT2D eigenvalue weighted by Gasteiger charge is -2.40. The summed E-state index contributed by atoms with van der Waals surface area (Å²) in [7, 11) is 0. The number of aliphatic hydroxyl groups is 1. The van der Waals surface area contributed by atoms with Gasteiger partial charge in [-0.05, 0) is 26.8 Å². The molecule has 0 aliphatic carbocycles. The highest BCUT2D eigenvalue weighted by atomic mass is 16.5. The van der Waals surface area contributed by atoms with Crippen LogP contribution in [0.4, 0.5) is 0 Å². The number of hydrogen-bond donors (Lipinski definition) is 2. The van der Waals surface area contributed by atoms with E-state index in [1.54, 1.807) is 0 Å². The highest BCUT2D eigenvalue weighted by Gasteiger charge is 2.40. The summed E-state index contributed by atoms with van der Waals surface area (Å²) in [5.41, 5.74) is 7.40. The van der Waals surface area contributed by atoms with Crippen molar-refractivity contribution >= 4 is 0 Å². The first-order valence-corrected chi connectivity index (χ1v) is 5.15. The van der Waals surface area contributed by atoms with Gasteiger partial charge in [0.05, 0.1) is 6.04 Å². The predicted octanol–water partition coefficient (Wildman–Crippen LogP) is 1.53. The monoisotopic (exact) mass is 207 g/mol. The average Bonchev–Trinajstić information content (AvgIpc) is 2.16. The minimum Gasteiger partial charge on any atom is -0.485 e. The number of aryl methyl sites for hydroxylation is 1. The lowest BCUT2D eigenvalue weighted by molar-refractivity contribution is -0.0571. The predicted molar refractivity (Wildman–Crippen MR) is 58.8 cm³/mol. The van der Waals surface area contributed by atoms with E-state index in [2.05, 4.69) is 0 Å². The molecule has 0 bridgehead atoms. The van der Waals surface area contributed by atoms with Crippen molar-refractivity contribution in [1.82, 2.24) is 0 Å². The van der Waals surface area contributed by atoms with Crippen LogP contribution in [0.1, 0.15) is 31.0 Å². The molecule has 0 unspecified atom stereocenters. The van der Waals surface area contributed by atoms with E-state index in [4.69, 9.17) is 10.5 Å². The zero-order chi connectivity index (χ0) is 11.2. The van der Waals surface area contributed by atoms with Crippen molar-refractivity contribution in [2.75, 3.05) is 0 Å². The van der Waals surface area contributed by atoms with Gasteiger partial charge in [0.25, 0.3) is 0 Å². The normalized spacial score (nSPS) is 28.1. The molecule has 0 amide bonds. The fourth-order valence-corrected chi connectivity index (χ4v) is 1.97. The molecule has 0 radical (unpaired) electrons. The minimum absolute atomic E-state index is 0.372. The van der Waals surface area contributed by atoms with Crippen LogP contribution in [0.25, 0.3) is 0 Å². The van der Waals surface area contributed by atoms with Crippen LogP contribution in [-0.4, -0.2) is 16.8 Å². The molecule has 2 rings (SSSR count). The summed E-state index contributed by atoms with van der Waals surface area (Å²) in [5.74, 6) is 0.781. The molecule has 0 fully saturated rings. The first-order valence-electron chi connectivity index (χ1n) is 5.15. The number of fused-ring (bicyclic) bond motifs is 1. The van der Waals surface area contributed by atoms with Gasteiger partial charge in [0.2, 0.25) is 0 Å². The lowest BCUT2D eigenvalue weighted by Crippen LogP contribution is -2.51. The Hall–Kier alpha value is -1.06. The Labute approximate surface area is 89.9 Å². The third-order valence-electron chi connectivity index (χ3n) is 2.95. The van der Waals surface area contributed by atoms with Gasteiger partial charge in [-0.1, -0.05) is 17.7 Å². The largest absolute Gasteiger partial charge is 0.485 e. The molecule has 3 N–H and O–H groups in total. The Bertz CT molecular complexity index is 387. The smallest absolute Gasteiger partial charge is 0.131 e. The fraction of sp³-hybridized carbons (Fsp3) is 0.500. The van der Waals surface area contributed by atoms with E-state index in [0.29, 0.717) is 0 Å². The number of aliphatic hydroxyl groups excluding tert-OH is 1. The molecule has 0 spiro atoms. The quantitative estimate of drug-likeness (QED) is 0.678. The van der Waals surface area contributed by atoms with Gasteiger partial charge in [0.15, 0.2) is 0 Å². The third-order valence-corrected chi connectivity index (χ3v) is 2.95. The van der Waals surface area contributed by atoms with Crippen LogP contribution in [-0.2, 0) is 0 Å². The molecule has 3 nitrogen and oxygen atoms in total. The van der Waals surface area contributed by atoms with Crippen molar-refractivity contribution in [1.29, 1.82) is 0 Å². The number of rotatable bonds is 0. The molecule has 1 aromatic rings. The maximum atomic E-state index is 9.99. The maximum Gasteiger partial charge on any atom is 0.131 e. The Kier molecular flexibility index (Phi) is 2.24. The topological polar surface area (TPSA) is 55.5 Å². The number of nitrogens with two attached hydrogens (primary N) is 1. The van der Waals surface area contributed by atoms with Crippen LogP contribution in [0.5, 0.6) is 5.75 Å². The van der Waals surface area contributed by atoms with Gasteiger partial charge in [-0.25, -0.2) is 0 Å². The van der Waals surface area contributed by atoms with Crippen LogP contribution < -0.4 is 10.5 Å². The number of ether oxygens (including phenoxy) is 1.